The monoisotopic (exact) mass is 700 g/mol. The number of halogens is 2. The van der Waals surface area contributed by atoms with Crippen LogP contribution < -0.4 is 16.4 Å². The average molecular weight is 702 g/mol. The molecule has 2 atom stereocenters. The van der Waals surface area contributed by atoms with Crippen LogP contribution in [0, 0.1) is 10.8 Å². The van der Waals surface area contributed by atoms with E-state index in [1.165, 1.54) is 0 Å². The third-order valence-electron chi connectivity index (χ3n) is 10.0. The zero-order chi connectivity index (χ0) is 34.7. The fourth-order valence-electron chi connectivity index (χ4n) is 6.98. The topological polar surface area (TPSA) is 126 Å². The number of nitrogens with one attached hydrogen (secondary N) is 2. The molecule has 9 nitrogen and oxygen atoms in total. The maximum absolute atomic E-state index is 14.4. The van der Waals surface area contributed by atoms with Crippen LogP contribution in [0.4, 0.5) is 0 Å². The van der Waals surface area contributed by atoms with Gasteiger partial charge in [0.25, 0.3) is 0 Å². The zero-order valence-electron chi connectivity index (χ0n) is 28.5. The molecule has 4 rings (SSSR count). The van der Waals surface area contributed by atoms with Gasteiger partial charge in [-0.3, -0.25) is 19.2 Å². The minimum Gasteiger partial charge on any atom is -0.358 e. The number of unbranched alkanes of at least 4 members (excludes halogenated alkanes) is 2. The van der Waals surface area contributed by atoms with Crippen molar-refractivity contribution in [1.82, 2.24) is 20.4 Å². The molecule has 4 amide bonds. The number of carbonyl (C=O) groups excluding carboxylic acids is 4. The Morgan fingerprint density at radius 2 is 1.60 bits per heavy atom. The third kappa shape index (κ3) is 9.73. The van der Waals surface area contributed by atoms with E-state index in [2.05, 4.69) is 16.4 Å². The second kappa shape index (κ2) is 17.5. The molecule has 0 radical (unpaired) electrons. The summed E-state index contributed by atoms with van der Waals surface area (Å²) in [6.07, 6.45) is 6.46. The Labute approximate surface area is 295 Å². The van der Waals surface area contributed by atoms with E-state index in [1.54, 1.807) is 17.0 Å². The minimum atomic E-state index is -0.874. The smallest absolute Gasteiger partial charge is 0.245 e. The molecule has 2 heterocycles. The second-order valence-electron chi connectivity index (χ2n) is 13.7. The highest BCUT2D eigenvalue weighted by Gasteiger charge is 2.45. The van der Waals surface area contributed by atoms with Crippen molar-refractivity contribution in [2.24, 2.45) is 10.8 Å². The first-order valence-corrected chi connectivity index (χ1v) is 18.2. The van der Waals surface area contributed by atoms with Crippen molar-refractivity contribution in [3.63, 3.8) is 0 Å². The lowest BCUT2D eigenvalue weighted by molar-refractivity contribution is -0.368. The highest BCUT2D eigenvalue weighted by molar-refractivity contribution is 6.42. The van der Waals surface area contributed by atoms with Crippen LogP contribution in [0.5, 0.6) is 0 Å². The molecule has 0 bridgehead atoms. The van der Waals surface area contributed by atoms with Crippen LogP contribution in [0.2, 0.25) is 10.0 Å². The van der Waals surface area contributed by atoms with E-state index in [9.17, 15) is 19.2 Å². The summed E-state index contributed by atoms with van der Waals surface area (Å²) in [5, 5.41) is 6.92. The van der Waals surface area contributed by atoms with E-state index in [0.717, 1.165) is 36.9 Å². The number of amides is 4. The summed E-state index contributed by atoms with van der Waals surface area (Å²) >= 11 is 12.5. The number of hydrogen-bond donors (Lipinski definition) is 3. The maximum Gasteiger partial charge on any atom is 0.245 e. The van der Waals surface area contributed by atoms with E-state index in [0.29, 0.717) is 74.7 Å². The lowest BCUT2D eigenvalue weighted by Gasteiger charge is -2.43. The fourth-order valence-corrected chi connectivity index (χ4v) is 7.30. The van der Waals surface area contributed by atoms with Crippen molar-refractivity contribution in [2.45, 2.75) is 84.1 Å². The van der Waals surface area contributed by atoms with Gasteiger partial charge in [-0.15, -0.1) is 0 Å². The SMILES string of the molecule is CCNC(=O)[C@]1(Cc2ccccc2)CCCN(C(=O)[C@@H](Cc2ccc(Cl)c(Cl)c2)NC(=O)C2(C)CCN(C(=O)CCCCC[NH3+])CC2)C1. The largest absolute Gasteiger partial charge is 0.358 e. The molecule has 2 fully saturated rings. The zero-order valence-corrected chi connectivity index (χ0v) is 30.0. The lowest BCUT2D eigenvalue weighted by atomic mass is 9.74. The van der Waals surface area contributed by atoms with Crippen molar-refractivity contribution >= 4 is 46.8 Å². The molecule has 2 aromatic carbocycles. The molecule has 11 heteroatoms. The van der Waals surface area contributed by atoms with Gasteiger partial charge >= 0.3 is 0 Å². The Bertz CT molecular complexity index is 1420. The number of nitrogens with zero attached hydrogens (tertiary/aromatic N) is 2. The van der Waals surface area contributed by atoms with Gasteiger partial charge in [-0.1, -0.05) is 66.5 Å². The van der Waals surface area contributed by atoms with Crippen LogP contribution in [0.15, 0.2) is 48.5 Å². The highest BCUT2D eigenvalue weighted by Crippen LogP contribution is 2.36. The van der Waals surface area contributed by atoms with Crippen LogP contribution in [-0.4, -0.2) is 78.7 Å². The lowest BCUT2D eigenvalue weighted by Crippen LogP contribution is -2.59. The molecule has 0 aromatic heterocycles. The van der Waals surface area contributed by atoms with Gasteiger partial charge in [0.1, 0.15) is 6.04 Å². The predicted molar refractivity (Wildman–Crippen MR) is 189 cm³/mol. The van der Waals surface area contributed by atoms with Crippen LogP contribution in [-0.2, 0) is 32.0 Å². The summed E-state index contributed by atoms with van der Waals surface area (Å²) in [5.41, 5.74) is 4.14. The molecule has 2 aliphatic rings. The normalized spacial score (nSPS) is 19.8. The van der Waals surface area contributed by atoms with Gasteiger partial charge in [0.15, 0.2) is 0 Å². The molecule has 2 aliphatic heterocycles. The fraction of sp³-hybridized carbons (Fsp3) is 0.568. The van der Waals surface area contributed by atoms with Crippen LogP contribution in [0.25, 0.3) is 0 Å². The van der Waals surface area contributed by atoms with Gasteiger partial charge in [-0.2, -0.15) is 0 Å². The molecule has 2 aromatic rings. The van der Waals surface area contributed by atoms with Crippen molar-refractivity contribution in [3.8, 4) is 0 Å². The Kier molecular flexibility index (Phi) is 13.7. The molecule has 0 aliphatic carbocycles. The van der Waals surface area contributed by atoms with Gasteiger partial charge in [-0.05, 0) is 81.5 Å². The summed E-state index contributed by atoms with van der Waals surface area (Å²) in [6, 6.07) is 14.3. The van der Waals surface area contributed by atoms with E-state index in [1.807, 2.05) is 55.1 Å². The summed E-state index contributed by atoms with van der Waals surface area (Å²) in [5.74, 6) is -0.368. The Morgan fingerprint density at radius 1 is 0.875 bits per heavy atom. The third-order valence-corrected chi connectivity index (χ3v) is 10.8. The van der Waals surface area contributed by atoms with Crippen molar-refractivity contribution < 1.29 is 24.9 Å². The molecule has 48 heavy (non-hydrogen) atoms. The van der Waals surface area contributed by atoms with E-state index in [4.69, 9.17) is 23.2 Å². The van der Waals surface area contributed by atoms with Crippen molar-refractivity contribution in [3.05, 3.63) is 69.7 Å². The Hall–Kier alpha value is -3.14. The molecule has 5 N–H and O–H groups in total. The minimum absolute atomic E-state index is 0.0624. The van der Waals surface area contributed by atoms with Gasteiger partial charge in [0.2, 0.25) is 23.6 Å². The summed E-state index contributed by atoms with van der Waals surface area (Å²) in [7, 11) is 0. The quantitative estimate of drug-likeness (QED) is 0.252. The van der Waals surface area contributed by atoms with Gasteiger partial charge < -0.3 is 26.2 Å². The van der Waals surface area contributed by atoms with E-state index < -0.39 is 16.9 Å². The number of piperidine rings is 2. The number of hydrogen-bond acceptors (Lipinski definition) is 4. The molecule has 0 unspecified atom stereocenters. The predicted octanol–water partition coefficient (Wildman–Crippen LogP) is 4.44. The van der Waals surface area contributed by atoms with E-state index in [-0.39, 0.29) is 36.6 Å². The molecule has 0 saturated carbocycles. The first-order valence-electron chi connectivity index (χ1n) is 17.4. The number of quaternary nitrogens is 1. The number of likely N-dealkylation sites (tertiary alicyclic amines) is 2. The highest BCUT2D eigenvalue weighted by atomic mass is 35.5. The molecule has 262 valence electrons. The second-order valence-corrected chi connectivity index (χ2v) is 14.6. The van der Waals surface area contributed by atoms with E-state index >= 15 is 0 Å². The molecular weight excluding hydrogens is 649 g/mol. The number of rotatable bonds is 14. The molecule has 2 saturated heterocycles. The first-order chi connectivity index (χ1) is 23.0. The summed E-state index contributed by atoms with van der Waals surface area (Å²) in [4.78, 5) is 58.5. The Balaban J connectivity index is 1.52. The standard InChI is InChI=1S/C37H51Cl2N5O4/c1-3-41-35(48)37(25-27-11-6-4-7-12-27)16-10-20-44(26-37)33(46)31(24-28-14-15-29(38)30(39)23-28)42-34(47)36(2)17-21-43(22-18-36)32(45)13-8-5-9-19-40/h4,6-7,11-12,14-15,23,31H,3,5,8-10,13,16-22,24-26,40H2,1-2H3,(H,41,48)(H,42,47)/p+1/t31-,37+/m1/s1. The van der Waals surface area contributed by atoms with Crippen LogP contribution in [0.1, 0.15) is 76.3 Å². The van der Waals surface area contributed by atoms with Gasteiger partial charge in [0, 0.05) is 51.0 Å². The molecule has 0 spiro atoms. The van der Waals surface area contributed by atoms with Gasteiger partial charge in [-0.25, -0.2) is 0 Å². The summed E-state index contributed by atoms with van der Waals surface area (Å²) in [6.45, 7) is 6.94. The van der Waals surface area contributed by atoms with Crippen molar-refractivity contribution in [2.75, 3.05) is 39.3 Å². The van der Waals surface area contributed by atoms with Gasteiger partial charge in [0.05, 0.1) is 22.0 Å². The first kappa shape index (κ1) is 37.7. The Morgan fingerprint density at radius 3 is 2.27 bits per heavy atom. The maximum atomic E-state index is 14.4. The number of carbonyl (C=O) groups is 4. The average Bonchev–Trinajstić information content (AvgIpc) is 3.08. The van der Waals surface area contributed by atoms with Crippen molar-refractivity contribution in [1.29, 1.82) is 0 Å². The summed E-state index contributed by atoms with van der Waals surface area (Å²) < 4.78 is 0. The molecular formula is C37H52Cl2N5O4+. The van der Waals surface area contributed by atoms with Crippen LogP contribution in [0.3, 0.4) is 0 Å². The number of benzene rings is 2. The van der Waals surface area contributed by atoms with Crippen LogP contribution >= 0.6 is 23.2 Å².